The Kier molecular flexibility index (Phi) is 7.95. The van der Waals surface area contributed by atoms with Crippen molar-refractivity contribution in [2.75, 3.05) is 29.9 Å². The molecule has 0 saturated carbocycles. The lowest BCUT2D eigenvalue weighted by atomic mass is 9.77. The summed E-state index contributed by atoms with van der Waals surface area (Å²) in [7, 11) is 2.07. The topological polar surface area (TPSA) is 32.8 Å². The number of rotatable bonds is 9. The second kappa shape index (κ2) is 11.4. The number of fused-ring (bicyclic) bond motifs is 1. The summed E-state index contributed by atoms with van der Waals surface area (Å²) in [5.41, 5.74) is 9.54. The molecule has 0 N–H and O–H groups in total. The van der Waals surface area contributed by atoms with E-state index in [1.165, 1.54) is 22.4 Å². The van der Waals surface area contributed by atoms with Crippen molar-refractivity contribution < 1.29 is 9.53 Å². The third-order valence-electron chi connectivity index (χ3n) is 8.51. The molecule has 212 valence electrons. The molecule has 1 atom stereocenters. The fourth-order valence-corrected chi connectivity index (χ4v) is 6.18. The maximum absolute atomic E-state index is 13.7. The van der Waals surface area contributed by atoms with Crippen molar-refractivity contribution in [2.45, 2.75) is 59.6 Å². The monoisotopic (exact) mass is 546 g/mol. The van der Waals surface area contributed by atoms with Gasteiger partial charge in [0.15, 0.2) is 5.60 Å². The molecular formula is C37H42N2O2. The molecule has 4 aromatic carbocycles. The number of anilines is 2. The van der Waals surface area contributed by atoms with E-state index in [0.717, 1.165) is 47.6 Å². The van der Waals surface area contributed by atoms with E-state index in [-0.39, 0.29) is 5.97 Å². The molecule has 0 spiro atoms. The van der Waals surface area contributed by atoms with Crippen molar-refractivity contribution in [2.24, 2.45) is 0 Å². The summed E-state index contributed by atoms with van der Waals surface area (Å²) in [5, 5.41) is 0. The first kappa shape index (κ1) is 28.5. The van der Waals surface area contributed by atoms with Crippen LogP contribution in [0.1, 0.15) is 82.9 Å². The Morgan fingerprint density at radius 2 is 1.54 bits per heavy atom. The van der Waals surface area contributed by atoms with Crippen molar-refractivity contribution in [1.82, 2.24) is 0 Å². The molecule has 0 saturated heterocycles. The van der Waals surface area contributed by atoms with Gasteiger partial charge in [0.1, 0.15) is 0 Å². The fraction of sp³-hybridized carbons (Fsp3) is 0.324. The molecule has 1 aliphatic heterocycles. The van der Waals surface area contributed by atoms with E-state index in [9.17, 15) is 4.79 Å². The molecule has 0 aliphatic carbocycles. The number of hydrogen-bond acceptors (Lipinski definition) is 4. The van der Waals surface area contributed by atoms with Crippen LogP contribution in [-0.2, 0) is 16.9 Å². The number of cyclic esters (lactones) is 1. The summed E-state index contributed by atoms with van der Waals surface area (Å²) in [6, 6.07) is 29.7. The number of carbonyl (C=O) groups is 1. The van der Waals surface area contributed by atoms with Crippen LogP contribution in [0.4, 0.5) is 11.4 Å². The Bertz CT molecular complexity index is 1550. The third-order valence-corrected chi connectivity index (χ3v) is 8.51. The van der Waals surface area contributed by atoms with Gasteiger partial charge in [0.2, 0.25) is 0 Å². The average Bonchev–Trinajstić information content (AvgIpc) is 3.27. The number of benzene rings is 4. The van der Waals surface area contributed by atoms with Gasteiger partial charge in [-0.3, -0.25) is 0 Å². The van der Waals surface area contributed by atoms with E-state index in [4.69, 9.17) is 4.74 Å². The molecule has 0 radical (unpaired) electrons. The first-order valence-corrected chi connectivity index (χ1v) is 14.8. The minimum atomic E-state index is -1.02. The van der Waals surface area contributed by atoms with Crippen LogP contribution < -0.4 is 9.80 Å². The zero-order valence-electron chi connectivity index (χ0n) is 25.5. The Morgan fingerprint density at radius 1 is 0.829 bits per heavy atom. The van der Waals surface area contributed by atoms with Crippen molar-refractivity contribution >= 4 is 17.3 Å². The number of ether oxygens (including phenoxy) is 1. The van der Waals surface area contributed by atoms with E-state index >= 15 is 0 Å². The predicted molar refractivity (Wildman–Crippen MR) is 170 cm³/mol. The molecule has 4 heteroatoms. The highest BCUT2D eigenvalue weighted by molar-refractivity contribution is 5.97. The van der Waals surface area contributed by atoms with Crippen LogP contribution >= 0.6 is 0 Å². The minimum absolute atomic E-state index is 0.284. The number of esters is 1. The van der Waals surface area contributed by atoms with Crippen molar-refractivity contribution in [3.8, 4) is 0 Å². The van der Waals surface area contributed by atoms with Crippen molar-refractivity contribution in [1.29, 1.82) is 0 Å². The largest absolute Gasteiger partial charge is 0.441 e. The van der Waals surface area contributed by atoms with Gasteiger partial charge in [-0.05, 0) is 74.6 Å². The number of aryl methyl sites for hydroxylation is 2. The molecule has 4 aromatic rings. The number of carbonyl (C=O) groups excluding carboxylic acids is 1. The molecule has 4 nitrogen and oxygen atoms in total. The van der Waals surface area contributed by atoms with E-state index < -0.39 is 5.60 Å². The predicted octanol–water partition coefficient (Wildman–Crippen LogP) is 8.37. The highest BCUT2D eigenvalue weighted by Gasteiger charge is 2.49. The highest BCUT2D eigenvalue weighted by atomic mass is 16.6. The summed E-state index contributed by atoms with van der Waals surface area (Å²) in [5.74, 6) is 0.0293. The Balaban J connectivity index is 1.66. The van der Waals surface area contributed by atoms with Gasteiger partial charge in [-0.2, -0.15) is 0 Å². The van der Waals surface area contributed by atoms with Crippen LogP contribution in [0.3, 0.4) is 0 Å². The third kappa shape index (κ3) is 5.12. The average molecular weight is 547 g/mol. The SMILES string of the molecule is CCN(CC)c1ccc(C2(c3ccccc3C)OC(=O)c3cc(N(C)Cc4ccc(C)cc4)ccc32)cc1C(C)C. The number of hydrogen-bond donors (Lipinski definition) is 0. The molecule has 1 aliphatic rings. The summed E-state index contributed by atoms with van der Waals surface area (Å²) in [6.45, 7) is 15.7. The first-order valence-electron chi connectivity index (χ1n) is 14.8. The van der Waals surface area contributed by atoms with Crippen molar-refractivity contribution in [3.63, 3.8) is 0 Å². The zero-order valence-corrected chi connectivity index (χ0v) is 25.5. The van der Waals surface area contributed by atoms with E-state index in [2.05, 4.69) is 125 Å². The molecule has 1 heterocycles. The van der Waals surface area contributed by atoms with Gasteiger partial charge in [-0.1, -0.05) is 80.1 Å². The van der Waals surface area contributed by atoms with Gasteiger partial charge in [0.05, 0.1) is 5.56 Å². The molecule has 5 rings (SSSR count). The standard InChI is InChI=1S/C37H42N2O2/c1-8-39(9-2)35-21-18-29(22-31(35)25(3)4)37(33-13-11-10-12-27(33)6)34-20-19-30(23-32(34)36(40)41-37)38(7)24-28-16-14-26(5)15-17-28/h10-23,25H,8-9,24H2,1-7H3. The summed E-state index contributed by atoms with van der Waals surface area (Å²) in [6.07, 6.45) is 0. The highest BCUT2D eigenvalue weighted by Crippen LogP contribution is 2.50. The lowest BCUT2D eigenvalue weighted by Gasteiger charge is -2.34. The van der Waals surface area contributed by atoms with E-state index in [0.29, 0.717) is 11.5 Å². The van der Waals surface area contributed by atoms with Crippen molar-refractivity contribution in [3.05, 3.63) is 129 Å². The van der Waals surface area contributed by atoms with Crippen LogP contribution in [0.15, 0.2) is 84.9 Å². The Hall–Kier alpha value is -4.05. The maximum Gasteiger partial charge on any atom is 0.340 e. The maximum atomic E-state index is 13.7. The molecule has 1 unspecified atom stereocenters. The lowest BCUT2D eigenvalue weighted by Crippen LogP contribution is -2.31. The van der Waals surface area contributed by atoms with Crippen LogP contribution in [0.2, 0.25) is 0 Å². The summed E-state index contributed by atoms with van der Waals surface area (Å²) < 4.78 is 6.56. The van der Waals surface area contributed by atoms with Gasteiger partial charge < -0.3 is 14.5 Å². The normalized spacial score (nSPS) is 16.0. The molecule has 0 fully saturated rings. The smallest absolute Gasteiger partial charge is 0.340 e. The van der Waals surface area contributed by atoms with Gasteiger partial charge in [-0.15, -0.1) is 0 Å². The lowest BCUT2D eigenvalue weighted by molar-refractivity contribution is 0.0249. The minimum Gasteiger partial charge on any atom is -0.441 e. The summed E-state index contributed by atoms with van der Waals surface area (Å²) >= 11 is 0. The van der Waals surface area contributed by atoms with Gasteiger partial charge in [0, 0.05) is 54.7 Å². The van der Waals surface area contributed by atoms with Crippen LogP contribution in [0, 0.1) is 13.8 Å². The Labute approximate surface area is 245 Å². The van der Waals surface area contributed by atoms with Crippen LogP contribution in [0.25, 0.3) is 0 Å². The summed E-state index contributed by atoms with van der Waals surface area (Å²) in [4.78, 5) is 18.3. The van der Waals surface area contributed by atoms with E-state index in [1.54, 1.807) is 0 Å². The molecule has 41 heavy (non-hydrogen) atoms. The van der Waals surface area contributed by atoms with Gasteiger partial charge >= 0.3 is 5.97 Å². The molecule has 0 bridgehead atoms. The molecular weight excluding hydrogens is 504 g/mol. The first-order chi connectivity index (χ1) is 19.7. The van der Waals surface area contributed by atoms with Crippen LogP contribution in [-0.4, -0.2) is 26.1 Å². The van der Waals surface area contributed by atoms with E-state index in [1.807, 2.05) is 18.2 Å². The van der Waals surface area contributed by atoms with Crippen LogP contribution in [0.5, 0.6) is 0 Å². The van der Waals surface area contributed by atoms with Gasteiger partial charge in [-0.25, -0.2) is 4.79 Å². The molecule has 0 aromatic heterocycles. The fourth-order valence-electron chi connectivity index (χ4n) is 6.18. The quantitative estimate of drug-likeness (QED) is 0.197. The Morgan fingerprint density at radius 3 is 2.20 bits per heavy atom. The zero-order chi connectivity index (χ0) is 29.3. The number of nitrogens with zero attached hydrogens (tertiary/aromatic N) is 2. The molecule has 0 amide bonds. The second-order valence-electron chi connectivity index (χ2n) is 11.6. The van der Waals surface area contributed by atoms with Gasteiger partial charge in [0.25, 0.3) is 0 Å². The second-order valence-corrected chi connectivity index (χ2v) is 11.6.